The summed E-state index contributed by atoms with van der Waals surface area (Å²) in [5.74, 6) is -4.15. The number of aromatic nitrogens is 2. The zero-order valence-corrected chi connectivity index (χ0v) is 10.3. The van der Waals surface area contributed by atoms with Crippen molar-refractivity contribution in [1.82, 2.24) is 14.5 Å². The average molecular weight is 283 g/mol. The summed E-state index contributed by atoms with van der Waals surface area (Å²) in [5.41, 5.74) is -1.08. The minimum absolute atomic E-state index is 0.137. The number of nitrogens with one attached hydrogen (secondary N) is 1. The fourth-order valence-corrected chi connectivity index (χ4v) is 1.38. The number of hydrogen-bond donors (Lipinski definition) is 1. The maximum atomic E-state index is 12.6. The van der Waals surface area contributed by atoms with E-state index in [1.165, 1.54) is 14.1 Å². The smallest absolute Gasteiger partial charge is 0.305 e. The van der Waals surface area contributed by atoms with Gasteiger partial charge in [0.15, 0.2) is 0 Å². The Morgan fingerprint density at radius 2 is 1.84 bits per heavy atom. The molecule has 0 spiro atoms. The molecule has 19 heavy (non-hydrogen) atoms. The quantitative estimate of drug-likeness (QED) is 0.778. The van der Waals surface area contributed by atoms with E-state index in [1.54, 1.807) is 0 Å². The zero-order valence-electron chi connectivity index (χ0n) is 10.3. The van der Waals surface area contributed by atoms with Gasteiger partial charge in [0.25, 0.3) is 5.56 Å². The lowest BCUT2D eigenvalue weighted by Crippen LogP contribution is -2.41. The normalized spacial score (nSPS) is 12.2. The van der Waals surface area contributed by atoms with E-state index in [4.69, 9.17) is 0 Å². The lowest BCUT2D eigenvalue weighted by atomic mass is 10.3. The van der Waals surface area contributed by atoms with Gasteiger partial charge in [-0.3, -0.25) is 13.9 Å². The predicted molar refractivity (Wildman–Crippen MR) is 59.6 cm³/mol. The minimum Gasteiger partial charge on any atom is -0.305 e. The minimum atomic E-state index is -4.15. The Morgan fingerprint density at radius 1 is 1.26 bits per heavy atom. The highest BCUT2D eigenvalue weighted by Crippen LogP contribution is 2.21. The molecule has 1 N–H and O–H groups in total. The Balaban J connectivity index is 2.81. The van der Waals surface area contributed by atoms with Crippen LogP contribution in [0.3, 0.4) is 0 Å². The van der Waals surface area contributed by atoms with Crippen molar-refractivity contribution < 1.29 is 17.6 Å². The maximum Gasteiger partial charge on any atom is 0.330 e. The number of nitrogens with zero attached hydrogens (tertiary/aromatic N) is 2. The van der Waals surface area contributed by atoms with Crippen LogP contribution in [-0.4, -0.2) is 28.0 Å². The van der Waals surface area contributed by atoms with E-state index in [-0.39, 0.29) is 12.2 Å². The second-order valence-corrected chi connectivity index (χ2v) is 4.04. The first kappa shape index (κ1) is 15.4. The molecule has 0 saturated heterocycles. The number of halogens is 4. The number of alkyl halides is 4. The van der Waals surface area contributed by atoms with Crippen molar-refractivity contribution in [3.63, 3.8) is 0 Å². The summed E-state index contributed by atoms with van der Waals surface area (Å²) in [7, 11) is 2.62. The molecule has 5 nitrogen and oxygen atoms in total. The Labute approximate surface area is 105 Å². The maximum absolute atomic E-state index is 12.6. The molecule has 0 saturated carbocycles. The molecule has 1 heterocycles. The van der Waals surface area contributed by atoms with Crippen molar-refractivity contribution in [3.05, 3.63) is 32.6 Å². The van der Waals surface area contributed by atoms with Crippen molar-refractivity contribution in [1.29, 1.82) is 0 Å². The van der Waals surface area contributed by atoms with Gasteiger partial charge in [0, 0.05) is 32.4 Å². The molecule has 108 valence electrons. The SMILES string of the molecule is Cn1c(CNCC(F)(F)C(F)F)cc(=O)n(C)c1=O. The van der Waals surface area contributed by atoms with Gasteiger partial charge in [-0.05, 0) is 0 Å². The zero-order chi connectivity index (χ0) is 14.8. The molecule has 0 aromatic carbocycles. The molecule has 0 aliphatic rings. The van der Waals surface area contributed by atoms with E-state index in [1.807, 2.05) is 0 Å². The van der Waals surface area contributed by atoms with E-state index in [0.29, 0.717) is 0 Å². The Kier molecular flexibility index (Phi) is 4.51. The van der Waals surface area contributed by atoms with Gasteiger partial charge in [-0.15, -0.1) is 0 Å². The predicted octanol–water partition coefficient (Wildman–Crippen LogP) is 0.0740. The van der Waals surface area contributed by atoms with E-state index >= 15 is 0 Å². The van der Waals surface area contributed by atoms with Gasteiger partial charge in [0.2, 0.25) is 0 Å². The number of rotatable bonds is 5. The van der Waals surface area contributed by atoms with Gasteiger partial charge in [-0.2, -0.15) is 8.78 Å². The van der Waals surface area contributed by atoms with Gasteiger partial charge in [-0.1, -0.05) is 0 Å². The first-order valence-corrected chi connectivity index (χ1v) is 5.29. The van der Waals surface area contributed by atoms with E-state index < -0.39 is 30.1 Å². The second-order valence-electron chi connectivity index (χ2n) is 4.04. The van der Waals surface area contributed by atoms with Crippen LogP contribution < -0.4 is 16.6 Å². The van der Waals surface area contributed by atoms with E-state index in [0.717, 1.165) is 15.2 Å². The fraction of sp³-hybridized carbons (Fsp3) is 0.600. The summed E-state index contributed by atoms with van der Waals surface area (Å²) in [6.45, 7) is -1.53. The first-order chi connectivity index (χ1) is 8.66. The van der Waals surface area contributed by atoms with Crippen molar-refractivity contribution in [2.45, 2.75) is 18.9 Å². The topological polar surface area (TPSA) is 56.0 Å². The highest BCUT2D eigenvalue weighted by Gasteiger charge is 2.40. The Bertz CT molecular complexity index is 565. The summed E-state index contributed by atoms with van der Waals surface area (Å²) >= 11 is 0. The average Bonchev–Trinajstić information content (AvgIpc) is 2.32. The fourth-order valence-electron chi connectivity index (χ4n) is 1.38. The molecular weight excluding hydrogens is 270 g/mol. The molecule has 0 aliphatic carbocycles. The van der Waals surface area contributed by atoms with Gasteiger partial charge < -0.3 is 5.32 Å². The van der Waals surface area contributed by atoms with Crippen LogP contribution >= 0.6 is 0 Å². The summed E-state index contributed by atoms with van der Waals surface area (Å²) in [5, 5.41) is 2.10. The molecular formula is C10H13F4N3O2. The highest BCUT2D eigenvalue weighted by molar-refractivity contribution is 5.02. The summed E-state index contributed by atoms with van der Waals surface area (Å²) < 4.78 is 51.0. The Morgan fingerprint density at radius 3 is 2.37 bits per heavy atom. The van der Waals surface area contributed by atoms with Crippen LogP contribution in [0.1, 0.15) is 5.69 Å². The molecule has 0 aliphatic heterocycles. The van der Waals surface area contributed by atoms with Gasteiger partial charge in [0.05, 0.1) is 6.54 Å². The van der Waals surface area contributed by atoms with Gasteiger partial charge in [0.1, 0.15) is 0 Å². The van der Waals surface area contributed by atoms with Gasteiger partial charge >= 0.3 is 18.0 Å². The molecule has 0 atom stereocenters. The first-order valence-electron chi connectivity index (χ1n) is 5.29. The summed E-state index contributed by atoms with van der Waals surface area (Å²) in [6, 6.07) is 1.08. The van der Waals surface area contributed by atoms with Crippen molar-refractivity contribution in [2.24, 2.45) is 14.1 Å². The number of hydrogen-bond acceptors (Lipinski definition) is 3. The molecule has 0 amide bonds. The standard InChI is InChI=1S/C10H13F4N3O2/c1-16-6(3-7(18)17(2)9(16)19)4-15-5-10(13,14)8(11)12/h3,8,15H,4-5H2,1-2H3. The molecule has 0 radical (unpaired) electrons. The molecule has 1 aromatic heterocycles. The van der Waals surface area contributed by atoms with Crippen LogP contribution in [-0.2, 0) is 20.6 Å². The monoisotopic (exact) mass is 283 g/mol. The van der Waals surface area contributed by atoms with Crippen LogP contribution in [0.5, 0.6) is 0 Å². The van der Waals surface area contributed by atoms with Crippen molar-refractivity contribution in [3.8, 4) is 0 Å². The molecule has 0 unspecified atom stereocenters. The van der Waals surface area contributed by atoms with Crippen LogP contribution in [0, 0.1) is 0 Å². The second kappa shape index (κ2) is 5.55. The van der Waals surface area contributed by atoms with Crippen LogP contribution in [0.15, 0.2) is 15.7 Å². The highest BCUT2D eigenvalue weighted by atomic mass is 19.3. The lowest BCUT2D eigenvalue weighted by molar-refractivity contribution is -0.125. The lowest BCUT2D eigenvalue weighted by Gasteiger charge is -2.16. The van der Waals surface area contributed by atoms with Crippen LogP contribution in [0.4, 0.5) is 17.6 Å². The third-order valence-corrected chi connectivity index (χ3v) is 2.61. The summed E-state index contributed by atoms with van der Waals surface area (Å²) in [4.78, 5) is 22.8. The molecule has 1 rings (SSSR count). The third-order valence-electron chi connectivity index (χ3n) is 2.61. The summed E-state index contributed by atoms with van der Waals surface area (Å²) in [6.07, 6.45) is -3.77. The largest absolute Gasteiger partial charge is 0.330 e. The molecule has 9 heteroatoms. The molecule has 0 bridgehead atoms. The molecule has 1 aromatic rings. The van der Waals surface area contributed by atoms with Gasteiger partial charge in [-0.25, -0.2) is 13.6 Å². The van der Waals surface area contributed by atoms with Crippen LogP contribution in [0.2, 0.25) is 0 Å². The van der Waals surface area contributed by atoms with Crippen molar-refractivity contribution in [2.75, 3.05) is 6.54 Å². The van der Waals surface area contributed by atoms with Crippen LogP contribution in [0.25, 0.3) is 0 Å². The Hall–Kier alpha value is -1.64. The van der Waals surface area contributed by atoms with E-state index in [2.05, 4.69) is 5.32 Å². The van der Waals surface area contributed by atoms with E-state index in [9.17, 15) is 27.2 Å². The van der Waals surface area contributed by atoms with Crippen molar-refractivity contribution >= 4 is 0 Å². The molecule has 0 fully saturated rings. The third kappa shape index (κ3) is 3.43.